The molecule has 0 bridgehead atoms. The summed E-state index contributed by atoms with van der Waals surface area (Å²) in [5.74, 6) is -0.579. The molecule has 0 spiro atoms. The summed E-state index contributed by atoms with van der Waals surface area (Å²) in [4.78, 5) is 28.8. The molecule has 2 rings (SSSR count). The predicted octanol–water partition coefficient (Wildman–Crippen LogP) is 3.52. The van der Waals surface area contributed by atoms with Gasteiger partial charge in [-0.15, -0.1) is 10.0 Å². The minimum atomic E-state index is -1.91. The monoisotopic (exact) mass is 330 g/mol. The Hall–Kier alpha value is -2.39. The molecule has 0 fully saturated rings. The van der Waals surface area contributed by atoms with Crippen LogP contribution in [0.1, 0.15) is 34.6 Å². The first-order valence-corrected chi connectivity index (χ1v) is 9.51. The van der Waals surface area contributed by atoms with Crippen molar-refractivity contribution in [3.63, 3.8) is 0 Å². The third-order valence-electron chi connectivity index (χ3n) is 3.46. The Morgan fingerprint density at radius 3 is 2.61 bits per heavy atom. The fourth-order valence-electron chi connectivity index (χ4n) is 2.34. The van der Waals surface area contributed by atoms with Crippen molar-refractivity contribution in [2.75, 3.05) is 19.1 Å². The first-order chi connectivity index (χ1) is 10.8. The highest BCUT2D eigenvalue weighted by Gasteiger charge is 2.26. The van der Waals surface area contributed by atoms with Gasteiger partial charge in [-0.3, -0.25) is 9.78 Å². The van der Waals surface area contributed by atoms with E-state index in [4.69, 9.17) is 4.74 Å². The number of carbonyl (C=O) groups is 2. The summed E-state index contributed by atoms with van der Waals surface area (Å²) in [6.45, 7) is 3.44. The maximum Gasteiger partial charge on any atom is 0.340 e. The molecule has 0 aliphatic rings. The first-order valence-electron chi connectivity index (χ1n) is 7.07. The fourth-order valence-corrected chi connectivity index (χ4v) is 3.83. The number of ether oxygens (including phenoxy) is 1. The zero-order chi connectivity index (χ0) is 17.2. The van der Waals surface area contributed by atoms with Crippen molar-refractivity contribution in [3.8, 4) is 5.40 Å². The topological polar surface area (TPSA) is 80.0 Å². The van der Waals surface area contributed by atoms with E-state index in [1.807, 2.05) is 12.5 Å². The largest absolute Gasteiger partial charge is 0.462 e. The van der Waals surface area contributed by atoms with E-state index in [0.717, 1.165) is 0 Å². The predicted molar refractivity (Wildman–Crippen MR) is 91.0 cm³/mol. The summed E-state index contributed by atoms with van der Waals surface area (Å²) in [5.41, 5.74) is 1.46. The van der Waals surface area contributed by atoms with Gasteiger partial charge in [0, 0.05) is 22.0 Å². The van der Waals surface area contributed by atoms with E-state index in [0.29, 0.717) is 26.9 Å². The van der Waals surface area contributed by atoms with E-state index in [9.17, 15) is 14.9 Å². The standard InChI is InChI=1S/C17H18N2O3S/c1-5-22-17(21)14-9-19-15-7-6-12(11(2)20)8-13(15)16(14)23(3,4)10-18/h6-9H,5H2,1-4H3. The Balaban J connectivity index is 2.87. The van der Waals surface area contributed by atoms with E-state index >= 15 is 0 Å². The number of nitrogens with zero attached hydrogens (tertiary/aromatic N) is 2. The van der Waals surface area contributed by atoms with E-state index in [1.165, 1.54) is 13.1 Å². The molecule has 0 atom stereocenters. The zero-order valence-electron chi connectivity index (χ0n) is 13.5. The summed E-state index contributed by atoms with van der Waals surface area (Å²) in [6.07, 6.45) is 5.07. The maximum atomic E-state index is 12.3. The lowest BCUT2D eigenvalue weighted by atomic mass is 10.1. The second-order valence-electron chi connectivity index (χ2n) is 5.43. The number of thiocyanates is 1. The molecule has 1 heterocycles. The van der Waals surface area contributed by atoms with E-state index in [-0.39, 0.29) is 12.4 Å². The Morgan fingerprint density at radius 1 is 1.35 bits per heavy atom. The van der Waals surface area contributed by atoms with Crippen molar-refractivity contribution in [2.24, 2.45) is 0 Å². The molecule has 0 N–H and O–H groups in total. The van der Waals surface area contributed by atoms with Gasteiger partial charge in [-0.1, -0.05) is 0 Å². The van der Waals surface area contributed by atoms with Gasteiger partial charge in [0.25, 0.3) is 0 Å². The number of fused-ring (bicyclic) bond motifs is 1. The van der Waals surface area contributed by atoms with Crippen LogP contribution in [-0.2, 0) is 4.74 Å². The van der Waals surface area contributed by atoms with Crippen LogP contribution in [0.15, 0.2) is 29.3 Å². The van der Waals surface area contributed by atoms with Crippen molar-refractivity contribution in [1.29, 1.82) is 5.26 Å². The average molecular weight is 330 g/mol. The molecule has 0 aliphatic carbocycles. The molecule has 0 saturated carbocycles. The van der Waals surface area contributed by atoms with Crippen molar-refractivity contribution < 1.29 is 14.3 Å². The van der Waals surface area contributed by atoms with Gasteiger partial charge in [0.2, 0.25) is 0 Å². The van der Waals surface area contributed by atoms with E-state index in [2.05, 4.69) is 10.4 Å². The summed E-state index contributed by atoms with van der Waals surface area (Å²) in [5, 5.41) is 12.5. The van der Waals surface area contributed by atoms with Gasteiger partial charge in [-0.2, -0.15) is 5.26 Å². The molecule has 0 radical (unpaired) electrons. The minimum absolute atomic E-state index is 0.0795. The number of ketones is 1. The van der Waals surface area contributed by atoms with Crippen LogP contribution in [0.25, 0.3) is 10.9 Å². The highest BCUT2D eigenvalue weighted by atomic mass is 32.3. The third kappa shape index (κ3) is 3.20. The number of benzene rings is 1. The Kier molecular flexibility index (Phi) is 4.71. The molecule has 0 aliphatic heterocycles. The number of hydrogen-bond acceptors (Lipinski definition) is 5. The Morgan fingerprint density at radius 2 is 2.04 bits per heavy atom. The van der Waals surface area contributed by atoms with Gasteiger partial charge in [0.1, 0.15) is 5.40 Å². The number of hydrogen-bond donors (Lipinski definition) is 0. The van der Waals surface area contributed by atoms with Crippen molar-refractivity contribution in [2.45, 2.75) is 18.7 Å². The number of carbonyl (C=O) groups excluding carboxylic acids is 2. The lowest BCUT2D eigenvalue weighted by Crippen LogP contribution is -2.11. The van der Waals surface area contributed by atoms with Crippen molar-refractivity contribution >= 4 is 32.7 Å². The minimum Gasteiger partial charge on any atom is -0.462 e. The fraction of sp³-hybridized carbons (Fsp3) is 0.294. The average Bonchev–Trinajstić information content (AvgIpc) is 2.53. The van der Waals surface area contributed by atoms with Crippen LogP contribution < -0.4 is 0 Å². The molecular formula is C17H18N2O3S. The van der Waals surface area contributed by atoms with Crippen LogP contribution in [0.5, 0.6) is 0 Å². The Bertz CT molecular complexity index is 838. The van der Waals surface area contributed by atoms with Crippen molar-refractivity contribution in [3.05, 3.63) is 35.5 Å². The van der Waals surface area contributed by atoms with Gasteiger partial charge < -0.3 is 4.74 Å². The SMILES string of the molecule is CCOC(=O)c1cnc2ccc(C(C)=O)cc2c1S(C)(C)C#N. The third-order valence-corrected chi connectivity index (χ3v) is 5.38. The molecule has 23 heavy (non-hydrogen) atoms. The molecule has 0 amide bonds. The lowest BCUT2D eigenvalue weighted by Gasteiger charge is -2.26. The number of aromatic nitrogens is 1. The number of Topliss-reactive ketones (excluding diaryl/α,β-unsaturated/α-hetero) is 1. The summed E-state index contributed by atoms with van der Waals surface area (Å²) < 4.78 is 5.09. The van der Waals surface area contributed by atoms with Crippen molar-refractivity contribution in [1.82, 2.24) is 4.98 Å². The van der Waals surface area contributed by atoms with Crippen LogP contribution in [-0.4, -0.2) is 35.9 Å². The summed E-state index contributed by atoms with van der Waals surface area (Å²) in [6, 6.07) is 5.13. The van der Waals surface area contributed by atoms with E-state index in [1.54, 1.807) is 25.1 Å². The van der Waals surface area contributed by atoms with Gasteiger partial charge in [-0.25, -0.2) is 4.79 Å². The van der Waals surface area contributed by atoms with Crippen LogP contribution in [0.2, 0.25) is 0 Å². The highest BCUT2D eigenvalue weighted by Crippen LogP contribution is 2.52. The second-order valence-corrected chi connectivity index (χ2v) is 8.67. The second kappa shape index (κ2) is 6.39. The lowest BCUT2D eigenvalue weighted by molar-refractivity contribution is 0.0522. The molecule has 0 unspecified atom stereocenters. The van der Waals surface area contributed by atoms with E-state index < -0.39 is 16.0 Å². The quantitative estimate of drug-likeness (QED) is 0.487. The van der Waals surface area contributed by atoms with Gasteiger partial charge in [0.15, 0.2) is 5.78 Å². The molecule has 2 aromatic rings. The van der Waals surface area contributed by atoms with Crippen LogP contribution in [0.3, 0.4) is 0 Å². The molecule has 1 aromatic carbocycles. The molecule has 1 aromatic heterocycles. The smallest absolute Gasteiger partial charge is 0.340 e. The number of rotatable bonds is 4. The Labute approximate surface area is 136 Å². The highest BCUT2D eigenvalue weighted by molar-refractivity contribution is 8.36. The van der Waals surface area contributed by atoms with Crippen LogP contribution in [0, 0.1) is 10.7 Å². The first kappa shape index (κ1) is 17.0. The summed E-state index contributed by atoms with van der Waals surface area (Å²) >= 11 is 0. The van der Waals surface area contributed by atoms with Crippen LogP contribution >= 0.6 is 10.0 Å². The van der Waals surface area contributed by atoms with Crippen LogP contribution in [0.4, 0.5) is 0 Å². The molecule has 120 valence electrons. The van der Waals surface area contributed by atoms with Gasteiger partial charge >= 0.3 is 5.97 Å². The van der Waals surface area contributed by atoms with Gasteiger partial charge in [0.05, 0.1) is 17.7 Å². The number of pyridine rings is 1. The maximum absolute atomic E-state index is 12.3. The summed E-state index contributed by atoms with van der Waals surface area (Å²) in [7, 11) is -1.91. The molecule has 6 heteroatoms. The number of esters is 1. The zero-order valence-corrected chi connectivity index (χ0v) is 14.4. The molecule has 5 nitrogen and oxygen atoms in total. The molecular weight excluding hydrogens is 312 g/mol. The normalized spacial score (nSPS) is 11.8. The molecule has 0 saturated heterocycles. The van der Waals surface area contributed by atoms with Gasteiger partial charge in [-0.05, 0) is 44.6 Å². The number of nitriles is 1.